The summed E-state index contributed by atoms with van der Waals surface area (Å²) >= 11 is 0. The molecule has 0 spiro atoms. The molecule has 1 fully saturated rings. The van der Waals surface area contributed by atoms with Gasteiger partial charge in [0.2, 0.25) is 5.95 Å². The van der Waals surface area contributed by atoms with Crippen molar-refractivity contribution < 1.29 is 17.9 Å². The van der Waals surface area contributed by atoms with Crippen LogP contribution in [0.4, 0.5) is 11.6 Å². The van der Waals surface area contributed by atoms with E-state index in [1.165, 1.54) is 25.8 Å². The molecule has 0 amide bonds. The first kappa shape index (κ1) is 21.0. The van der Waals surface area contributed by atoms with E-state index in [9.17, 15) is 13.2 Å². The predicted molar refractivity (Wildman–Crippen MR) is 111 cm³/mol. The first-order chi connectivity index (χ1) is 13.7. The van der Waals surface area contributed by atoms with Crippen LogP contribution in [-0.4, -0.2) is 63.4 Å². The second-order valence-electron chi connectivity index (χ2n) is 7.48. The zero-order valence-corrected chi connectivity index (χ0v) is 17.9. The maximum absolute atomic E-state index is 11.9. The van der Waals surface area contributed by atoms with E-state index in [2.05, 4.69) is 33.6 Å². The normalized spacial score (nSPS) is 17.5. The fourth-order valence-corrected chi connectivity index (χ4v) is 4.13. The van der Waals surface area contributed by atoms with Crippen molar-refractivity contribution in [2.45, 2.75) is 24.8 Å². The highest BCUT2D eigenvalue weighted by Gasteiger charge is 2.31. The summed E-state index contributed by atoms with van der Waals surface area (Å²) in [5.74, 6) is 0.424. The van der Waals surface area contributed by atoms with E-state index in [0.717, 1.165) is 5.69 Å². The fraction of sp³-hybridized carbons (Fsp3) is 0.450. The van der Waals surface area contributed by atoms with Gasteiger partial charge in [-0.15, -0.1) is 0 Å². The van der Waals surface area contributed by atoms with Crippen molar-refractivity contribution in [1.29, 1.82) is 0 Å². The molecule has 2 heterocycles. The van der Waals surface area contributed by atoms with Crippen LogP contribution in [0.3, 0.4) is 0 Å². The molecule has 0 unspecified atom stereocenters. The largest absolute Gasteiger partial charge is 0.465 e. The van der Waals surface area contributed by atoms with Crippen LogP contribution in [0.25, 0.3) is 0 Å². The van der Waals surface area contributed by atoms with E-state index in [1.807, 2.05) is 6.07 Å². The molecule has 1 aromatic carbocycles. The number of hydrogen-bond acceptors (Lipinski definition) is 8. The SMILES string of the molecule is COC(=O)c1cnc(N2CCN(c3cccc(S(C)(=O)=O)c3)C[C@H]2C(C)C)nc1. The number of anilines is 2. The number of sulfone groups is 1. The summed E-state index contributed by atoms with van der Waals surface area (Å²) in [5, 5.41) is 0. The van der Waals surface area contributed by atoms with Crippen LogP contribution in [-0.2, 0) is 14.6 Å². The molecule has 0 bridgehead atoms. The average Bonchev–Trinajstić information content (AvgIpc) is 2.72. The number of methoxy groups -OCH3 is 1. The zero-order chi connectivity index (χ0) is 21.2. The highest BCUT2D eigenvalue weighted by molar-refractivity contribution is 7.90. The van der Waals surface area contributed by atoms with E-state index >= 15 is 0 Å². The Morgan fingerprint density at radius 3 is 2.48 bits per heavy atom. The Hall–Kier alpha value is -2.68. The van der Waals surface area contributed by atoms with Crippen LogP contribution in [0.5, 0.6) is 0 Å². The molecule has 1 aliphatic rings. The van der Waals surface area contributed by atoms with Crippen molar-refractivity contribution in [1.82, 2.24) is 9.97 Å². The average molecular weight is 419 g/mol. The standard InChI is InChI=1S/C20H26N4O4S/c1-14(2)18-13-23(16-6-5-7-17(10-16)29(4,26)27)8-9-24(18)20-21-11-15(12-22-20)19(25)28-3/h5-7,10-12,14,18H,8-9,13H2,1-4H3/t18-/m0/s1. The van der Waals surface area contributed by atoms with Crippen molar-refractivity contribution in [3.63, 3.8) is 0 Å². The predicted octanol–water partition coefficient (Wildman–Crippen LogP) is 2.02. The highest BCUT2D eigenvalue weighted by atomic mass is 32.2. The second-order valence-corrected chi connectivity index (χ2v) is 9.50. The molecule has 2 aromatic rings. The molecule has 8 nitrogen and oxygen atoms in total. The lowest BCUT2D eigenvalue weighted by Gasteiger charge is -2.44. The topological polar surface area (TPSA) is 92.7 Å². The van der Waals surface area contributed by atoms with Gasteiger partial charge in [0.15, 0.2) is 9.84 Å². The number of carbonyl (C=O) groups excluding carboxylic acids is 1. The smallest absolute Gasteiger partial charge is 0.341 e. The van der Waals surface area contributed by atoms with Crippen LogP contribution in [0.1, 0.15) is 24.2 Å². The zero-order valence-electron chi connectivity index (χ0n) is 17.1. The van der Waals surface area contributed by atoms with Crippen molar-refractivity contribution >= 4 is 27.4 Å². The Bertz CT molecular complexity index is 976. The summed E-state index contributed by atoms with van der Waals surface area (Å²) in [5.41, 5.74) is 1.20. The number of esters is 1. The van der Waals surface area contributed by atoms with E-state index < -0.39 is 15.8 Å². The number of ether oxygens (including phenoxy) is 1. The van der Waals surface area contributed by atoms with Gasteiger partial charge >= 0.3 is 5.97 Å². The van der Waals surface area contributed by atoms with Crippen molar-refractivity contribution in [2.24, 2.45) is 5.92 Å². The minimum Gasteiger partial charge on any atom is -0.465 e. The van der Waals surface area contributed by atoms with Gasteiger partial charge in [-0.3, -0.25) is 0 Å². The summed E-state index contributed by atoms with van der Waals surface area (Å²) in [6.45, 7) is 6.38. The quantitative estimate of drug-likeness (QED) is 0.681. The van der Waals surface area contributed by atoms with Crippen LogP contribution < -0.4 is 9.80 Å². The molecule has 1 saturated heterocycles. The van der Waals surface area contributed by atoms with Gasteiger partial charge in [-0.1, -0.05) is 19.9 Å². The Kier molecular flexibility index (Phi) is 6.07. The summed E-state index contributed by atoms with van der Waals surface area (Å²) < 4.78 is 28.5. The maximum Gasteiger partial charge on any atom is 0.341 e. The summed E-state index contributed by atoms with van der Waals surface area (Å²) in [7, 11) is -1.93. The van der Waals surface area contributed by atoms with Crippen molar-refractivity contribution in [2.75, 3.05) is 42.8 Å². The number of piperazine rings is 1. The van der Waals surface area contributed by atoms with E-state index in [4.69, 9.17) is 4.74 Å². The van der Waals surface area contributed by atoms with Gasteiger partial charge in [-0.05, 0) is 24.1 Å². The highest BCUT2D eigenvalue weighted by Crippen LogP contribution is 2.27. The number of rotatable bonds is 5. The van der Waals surface area contributed by atoms with Gasteiger partial charge in [-0.25, -0.2) is 23.2 Å². The number of hydrogen-bond donors (Lipinski definition) is 0. The first-order valence-electron chi connectivity index (χ1n) is 9.42. The summed E-state index contributed by atoms with van der Waals surface area (Å²) in [4.78, 5) is 25.0. The van der Waals surface area contributed by atoms with E-state index in [0.29, 0.717) is 42.0 Å². The Morgan fingerprint density at radius 1 is 1.21 bits per heavy atom. The molecule has 1 aromatic heterocycles. The van der Waals surface area contributed by atoms with Crippen LogP contribution in [0, 0.1) is 5.92 Å². The number of aromatic nitrogens is 2. The molecule has 0 radical (unpaired) electrons. The third-order valence-corrected chi connectivity index (χ3v) is 6.23. The third-order valence-electron chi connectivity index (χ3n) is 5.12. The van der Waals surface area contributed by atoms with Crippen molar-refractivity contribution in [3.05, 3.63) is 42.2 Å². The lowest BCUT2D eigenvalue weighted by Crippen LogP contribution is -2.56. The molecule has 0 N–H and O–H groups in total. The minimum absolute atomic E-state index is 0.134. The Morgan fingerprint density at radius 2 is 1.90 bits per heavy atom. The molecule has 29 heavy (non-hydrogen) atoms. The molecule has 3 rings (SSSR count). The Labute approximate surface area is 171 Å². The molecular formula is C20H26N4O4S. The van der Waals surface area contributed by atoms with Crippen molar-refractivity contribution in [3.8, 4) is 0 Å². The van der Waals surface area contributed by atoms with Gasteiger partial charge in [0.1, 0.15) is 0 Å². The van der Waals surface area contributed by atoms with Gasteiger partial charge in [-0.2, -0.15) is 0 Å². The van der Waals surface area contributed by atoms with Gasteiger partial charge in [0, 0.05) is 44.0 Å². The number of carbonyl (C=O) groups is 1. The second kappa shape index (κ2) is 8.36. The molecule has 0 aliphatic carbocycles. The van der Waals surface area contributed by atoms with Crippen LogP contribution >= 0.6 is 0 Å². The number of nitrogens with zero attached hydrogens (tertiary/aromatic N) is 4. The monoisotopic (exact) mass is 418 g/mol. The van der Waals surface area contributed by atoms with Crippen LogP contribution in [0.15, 0.2) is 41.6 Å². The van der Waals surface area contributed by atoms with Gasteiger partial charge in [0.25, 0.3) is 0 Å². The number of benzene rings is 1. The molecular weight excluding hydrogens is 392 g/mol. The molecule has 1 atom stereocenters. The van der Waals surface area contributed by atoms with E-state index in [-0.39, 0.29) is 6.04 Å². The first-order valence-corrected chi connectivity index (χ1v) is 11.3. The minimum atomic E-state index is -3.26. The fourth-order valence-electron chi connectivity index (χ4n) is 3.47. The lowest BCUT2D eigenvalue weighted by atomic mass is 9.99. The van der Waals surface area contributed by atoms with Gasteiger partial charge in [0.05, 0.1) is 23.6 Å². The van der Waals surface area contributed by atoms with Gasteiger partial charge < -0.3 is 14.5 Å². The third kappa shape index (κ3) is 4.67. The molecule has 0 saturated carbocycles. The molecule has 156 valence electrons. The van der Waals surface area contributed by atoms with Crippen LogP contribution in [0.2, 0.25) is 0 Å². The molecule has 1 aliphatic heterocycles. The Balaban J connectivity index is 1.82. The lowest BCUT2D eigenvalue weighted by molar-refractivity contribution is 0.0599. The summed E-state index contributed by atoms with van der Waals surface area (Å²) in [6, 6.07) is 7.19. The van der Waals surface area contributed by atoms with E-state index in [1.54, 1.807) is 18.2 Å². The maximum atomic E-state index is 11.9. The molecule has 9 heteroatoms. The summed E-state index contributed by atoms with van der Waals surface area (Å²) in [6.07, 6.45) is 4.18.